The zero-order chi connectivity index (χ0) is 12.6. The zero-order valence-corrected chi connectivity index (χ0v) is 9.29. The molecule has 0 fully saturated rings. The molecule has 0 spiro atoms. The van der Waals surface area contributed by atoms with Gasteiger partial charge in [0, 0.05) is 19.9 Å². The maximum Gasteiger partial charge on any atom is 0.242 e. The molecule has 6 nitrogen and oxygen atoms in total. The van der Waals surface area contributed by atoms with Crippen LogP contribution in [0.4, 0.5) is 0 Å². The molecule has 0 saturated carbocycles. The number of nitrogens with one attached hydrogen (secondary N) is 2. The van der Waals surface area contributed by atoms with Gasteiger partial charge in [0.15, 0.2) is 0 Å². The Kier molecular flexibility index (Phi) is 6.58. The summed E-state index contributed by atoms with van der Waals surface area (Å²) in [6, 6.07) is -0.732. The van der Waals surface area contributed by atoms with Gasteiger partial charge in [0.05, 0.1) is 0 Å². The Morgan fingerprint density at radius 3 is 2.50 bits per heavy atom. The summed E-state index contributed by atoms with van der Waals surface area (Å²) in [5.41, 5.74) is 4.97. The zero-order valence-electron chi connectivity index (χ0n) is 9.29. The SMILES string of the molecule is C=CCNC(=O)[C@H](CCC(N)=O)NC(C)=O. The number of rotatable bonds is 7. The molecule has 0 aliphatic carbocycles. The van der Waals surface area contributed by atoms with Crippen molar-refractivity contribution >= 4 is 17.7 Å². The van der Waals surface area contributed by atoms with Crippen LogP contribution in [-0.4, -0.2) is 30.3 Å². The molecular formula is C10H17N3O3. The summed E-state index contributed by atoms with van der Waals surface area (Å²) in [4.78, 5) is 33.0. The molecule has 16 heavy (non-hydrogen) atoms. The monoisotopic (exact) mass is 227 g/mol. The van der Waals surface area contributed by atoms with Crippen molar-refractivity contribution in [1.29, 1.82) is 0 Å². The van der Waals surface area contributed by atoms with Crippen LogP contribution in [0.5, 0.6) is 0 Å². The number of carbonyl (C=O) groups excluding carboxylic acids is 3. The van der Waals surface area contributed by atoms with E-state index in [4.69, 9.17) is 5.73 Å². The summed E-state index contributed by atoms with van der Waals surface area (Å²) in [6.45, 7) is 5.07. The number of carbonyl (C=O) groups is 3. The summed E-state index contributed by atoms with van der Waals surface area (Å²) < 4.78 is 0. The first-order chi connectivity index (χ1) is 7.47. The minimum absolute atomic E-state index is 0.0481. The minimum atomic E-state index is -0.732. The van der Waals surface area contributed by atoms with Gasteiger partial charge >= 0.3 is 0 Å². The van der Waals surface area contributed by atoms with Gasteiger partial charge in [-0.1, -0.05) is 6.08 Å². The first-order valence-corrected chi connectivity index (χ1v) is 4.91. The molecule has 4 N–H and O–H groups in total. The minimum Gasteiger partial charge on any atom is -0.370 e. The molecule has 0 aromatic rings. The Balaban J connectivity index is 4.27. The van der Waals surface area contributed by atoms with Crippen LogP contribution in [0.2, 0.25) is 0 Å². The second-order valence-corrected chi connectivity index (χ2v) is 3.29. The van der Waals surface area contributed by atoms with Crippen molar-refractivity contribution in [2.75, 3.05) is 6.54 Å². The number of hydrogen-bond acceptors (Lipinski definition) is 3. The summed E-state index contributed by atoms with van der Waals surface area (Å²) in [5, 5.41) is 4.99. The van der Waals surface area contributed by atoms with E-state index in [0.717, 1.165) is 0 Å². The highest BCUT2D eigenvalue weighted by Gasteiger charge is 2.19. The average molecular weight is 227 g/mol. The molecule has 0 aliphatic rings. The van der Waals surface area contributed by atoms with Crippen LogP contribution in [0.1, 0.15) is 19.8 Å². The lowest BCUT2D eigenvalue weighted by atomic mass is 10.1. The Hall–Kier alpha value is -1.85. The van der Waals surface area contributed by atoms with E-state index in [9.17, 15) is 14.4 Å². The molecule has 6 heteroatoms. The lowest BCUT2D eigenvalue weighted by Gasteiger charge is -2.16. The van der Waals surface area contributed by atoms with E-state index >= 15 is 0 Å². The Morgan fingerprint density at radius 1 is 1.44 bits per heavy atom. The van der Waals surface area contributed by atoms with Crippen molar-refractivity contribution in [3.63, 3.8) is 0 Å². The van der Waals surface area contributed by atoms with Crippen LogP contribution in [0.3, 0.4) is 0 Å². The van der Waals surface area contributed by atoms with Gasteiger partial charge in [0.1, 0.15) is 6.04 Å². The Labute approximate surface area is 94.3 Å². The number of nitrogens with two attached hydrogens (primary N) is 1. The van der Waals surface area contributed by atoms with E-state index in [2.05, 4.69) is 17.2 Å². The first-order valence-electron chi connectivity index (χ1n) is 4.91. The summed E-state index contributed by atoms with van der Waals surface area (Å²) in [6.07, 6.45) is 1.77. The van der Waals surface area contributed by atoms with Gasteiger partial charge < -0.3 is 16.4 Å². The van der Waals surface area contributed by atoms with E-state index < -0.39 is 11.9 Å². The maximum absolute atomic E-state index is 11.5. The second kappa shape index (κ2) is 7.44. The number of hydrogen-bond donors (Lipinski definition) is 3. The largest absolute Gasteiger partial charge is 0.370 e. The smallest absolute Gasteiger partial charge is 0.242 e. The predicted molar refractivity (Wildman–Crippen MR) is 59.2 cm³/mol. The molecule has 0 saturated heterocycles. The molecule has 0 bridgehead atoms. The van der Waals surface area contributed by atoms with Crippen LogP contribution in [0.15, 0.2) is 12.7 Å². The van der Waals surface area contributed by atoms with Crippen molar-refractivity contribution in [2.24, 2.45) is 5.73 Å². The van der Waals surface area contributed by atoms with Crippen LogP contribution in [-0.2, 0) is 14.4 Å². The van der Waals surface area contributed by atoms with Gasteiger partial charge in [-0.15, -0.1) is 6.58 Å². The van der Waals surface area contributed by atoms with Gasteiger partial charge in [-0.05, 0) is 6.42 Å². The molecule has 0 heterocycles. The molecule has 3 amide bonds. The normalized spacial score (nSPS) is 11.3. The van der Waals surface area contributed by atoms with Crippen molar-refractivity contribution in [1.82, 2.24) is 10.6 Å². The molecule has 0 aromatic carbocycles. The Bertz CT molecular complexity index is 289. The van der Waals surface area contributed by atoms with Crippen LogP contribution in [0.25, 0.3) is 0 Å². The fraction of sp³-hybridized carbons (Fsp3) is 0.500. The maximum atomic E-state index is 11.5. The summed E-state index contributed by atoms with van der Waals surface area (Å²) >= 11 is 0. The standard InChI is InChI=1S/C10H17N3O3/c1-3-6-12-10(16)8(13-7(2)14)4-5-9(11)15/h3,8H,1,4-6H2,2H3,(H2,11,15)(H,12,16)(H,13,14)/t8-/m0/s1. The van der Waals surface area contributed by atoms with Gasteiger partial charge in [0.2, 0.25) is 17.7 Å². The van der Waals surface area contributed by atoms with E-state index in [-0.39, 0.29) is 24.7 Å². The quantitative estimate of drug-likeness (QED) is 0.489. The van der Waals surface area contributed by atoms with Crippen LogP contribution >= 0.6 is 0 Å². The summed E-state index contributed by atoms with van der Waals surface area (Å²) in [5.74, 6) is -1.19. The third-order valence-electron chi connectivity index (χ3n) is 1.79. The van der Waals surface area contributed by atoms with Gasteiger partial charge in [-0.2, -0.15) is 0 Å². The third-order valence-corrected chi connectivity index (χ3v) is 1.79. The van der Waals surface area contributed by atoms with Gasteiger partial charge in [0.25, 0.3) is 0 Å². The highest BCUT2D eigenvalue weighted by atomic mass is 16.2. The van der Waals surface area contributed by atoms with Crippen molar-refractivity contribution in [2.45, 2.75) is 25.8 Å². The van der Waals surface area contributed by atoms with Gasteiger partial charge in [-0.3, -0.25) is 14.4 Å². The lowest BCUT2D eigenvalue weighted by Crippen LogP contribution is -2.46. The molecule has 90 valence electrons. The average Bonchev–Trinajstić information content (AvgIpc) is 2.19. The fourth-order valence-electron chi connectivity index (χ4n) is 1.10. The molecule has 1 atom stereocenters. The molecule has 0 unspecified atom stereocenters. The number of amides is 3. The van der Waals surface area contributed by atoms with Crippen molar-refractivity contribution in [3.8, 4) is 0 Å². The van der Waals surface area contributed by atoms with Crippen molar-refractivity contribution < 1.29 is 14.4 Å². The second-order valence-electron chi connectivity index (χ2n) is 3.29. The predicted octanol–water partition coefficient (Wildman–Crippen LogP) is -0.941. The highest BCUT2D eigenvalue weighted by molar-refractivity contribution is 5.87. The molecule has 0 aromatic heterocycles. The van der Waals surface area contributed by atoms with Crippen LogP contribution in [0, 0.1) is 0 Å². The van der Waals surface area contributed by atoms with Gasteiger partial charge in [-0.25, -0.2) is 0 Å². The van der Waals surface area contributed by atoms with E-state index in [1.54, 1.807) is 0 Å². The van der Waals surface area contributed by atoms with Crippen molar-refractivity contribution in [3.05, 3.63) is 12.7 Å². The van der Waals surface area contributed by atoms with Crippen LogP contribution < -0.4 is 16.4 Å². The van der Waals surface area contributed by atoms with E-state index in [1.807, 2.05) is 0 Å². The molecule has 0 radical (unpaired) electrons. The van der Waals surface area contributed by atoms with E-state index in [0.29, 0.717) is 6.54 Å². The third kappa shape index (κ3) is 6.58. The highest BCUT2D eigenvalue weighted by Crippen LogP contribution is 1.97. The van der Waals surface area contributed by atoms with E-state index in [1.165, 1.54) is 13.0 Å². The molecule has 0 aliphatic heterocycles. The molecule has 0 rings (SSSR count). The summed E-state index contributed by atoms with van der Waals surface area (Å²) in [7, 11) is 0. The Morgan fingerprint density at radius 2 is 2.06 bits per heavy atom. The lowest BCUT2D eigenvalue weighted by molar-refractivity contribution is -0.128. The topological polar surface area (TPSA) is 101 Å². The fourth-order valence-corrected chi connectivity index (χ4v) is 1.10. The first kappa shape index (κ1) is 14.2. The number of primary amides is 1. The molecular weight excluding hydrogens is 210 g/mol.